The number of nitrogens with one attached hydrogen (secondary N) is 1. The molecule has 0 fully saturated rings. The molecular formula is C13H13BrN4S. The predicted molar refractivity (Wildman–Crippen MR) is 80.8 cm³/mol. The van der Waals surface area contributed by atoms with Gasteiger partial charge in [-0.15, -0.1) is 0 Å². The third-order valence-corrected chi connectivity index (χ3v) is 3.91. The second-order valence-corrected chi connectivity index (χ2v) is 5.99. The van der Waals surface area contributed by atoms with Gasteiger partial charge in [0.2, 0.25) is 0 Å². The first kappa shape index (κ1) is 14.0. The van der Waals surface area contributed by atoms with E-state index in [2.05, 4.69) is 25.9 Å². The summed E-state index contributed by atoms with van der Waals surface area (Å²) < 4.78 is 0.800. The van der Waals surface area contributed by atoms with Crippen LogP contribution in [0.4, 0.5) is 0 Å². The van der Waals surface area contributed by atoms with Gasteiger partial charge in [-0.1, -0.05) is 0 Å². The number of nitrogens with zero attached hydrogens (tertiary/aromatic N) is 2. The molecule has 98 valence electrons. The molecule has 0 radical (unpaired) electrons. The molecule has 0 saturated carbocycles. The van der Waals surface area contributed by atoms with Gasteiger partial charge < -0.3 is 5.73 Å². The highest BCUT2D eigenvalue weighted by molar-refractivity contribution is 9.10. The second kappa shape index (κ2) is 5.71. The maximum Gasteiger partial charge on any atom is 0.192 e. The number of nitrogens with two attached hydrogens (primary N) is 1. The van der Waals surface area contributed by atoms with Gasteiger partial charge in [0.05, 0.1) is 0 Å². The van der Waals surface area contributed by atoms with Crippen LogP contribution >= 0.6 is 27.7 Å². The molecule has 0 unspecified atom stereocenters. The zero-order valence-electron chi connectivity index (χ0n) is 10.6. The Balaban J connectivity index is 2.28. The maximum absolute atomic E-state index is 7.44. The summed E-state index contributed by atoms with van der Waals surface area (Å²) in [5.74, 6) is 0.0473. The van der Waals surface area contributed by atoms with Gasteiger partial charge in [0.1, 0.15) is 5.84 Å². The van der Waals surface area contributed by atoms with E-state index >= 15 is 0 Å². The number of nitrogen functional groups attached to an aromatic ring is 1. The lowest BCUT2D eigenvalue weighted by Crippen LogP contribution is -2.11. The molecule has 0 atom stereocenters. The molecule has 0 saturated heterocycles. The van der Waals surface area contributed by atoms with E-state index < -0.39 is 0 Å². The van der Waals surface area contributed by atoms with Crippen molar-refractivity contribution in [1.29, 1.82) is 5.41 Å². The van der Waals surface area contributed by atoms with Crippen LogP contribution < -0.4 is 5.73 Å². The zero-order chi connectivity index (χ0) is 14.0. The molecule has 0 spiro atoms. The van der Waals surface area contributed by atoms with Crippen LogP contribution in [0.2, 0.25) is 0 Å². The van der Waals surface area contributed by atoms with Crippen LogP contribution in [0.15, 0.2) is 38.8 Å². The highest BCUT2D eigenvalue weighted by Gasteiger charge is 2.07. The van der Waals surface area contributed by atoms with Gasteiger partial charge in [0.25, 0.3) is 0 Å². The van der Waals surface area contributed by atoms with Crippen molar-refractivity contribution < 1.29 is 0 Å². The summed E-state index contributed by atoms with van der Waals surface area (Å²) in [7, 11) is 0. The summed E-state index contributed by atoms with van der Waals surface area (Å²) >= 11 is 4.90. The molecule has 1 aromatic heterocycles. The molecule has 4 nitrogen and oxygen atoms in total. The van der Waals surface area contributed by atoms with Crippen LogP contribution in [0.25, 0.3) is 0 Å². The van der Waals surface area contributed by atoms with Crippen molar-refractivity contribution in [3.05, 3.63) is 45.7 Å². The van der Waals surface area contributed by atoms with Gasteiger partial charge in [-0.3, -0.25) is 5.41 Å². The summed E-state index contributed by atoms with van der Waals surface area (Å²) in [6, 6.07) is 7.59. The summed E-state index contributed by atoms with van der Waals surface area (Å²) in [5, 5.41) is 8.16. The quantitative estimate of drug-likeness (QED) is 0.512. The van der Waals surface area contributed by atoms with Crippen LogP contribution in [0.5, 0.6) is 0 Å². The van der Waals surface area contributed by atoms with Gasteiger partial charge in [0.15, 0.2) is 5.16 Å². The van der Waals surface area contributed by atoms with Crippen LogP contribution in [0, 0.1) is 19.3 Å². The van der Waals surface area contributed by atoms with Crippen molar-refractivity contribution in [3.63, 3.8) is 0 Å². The minimum atomic E-state index is 0.0473. The lowest BCUT2D eigenvalue weighted by Gasteiger charge is -2.06. The van der Waals surface area contributed by atoms with E-state index in [-0.39, 0.29) is 5.84 Å². The van der Waals surface area contributed by atoms with Crippen molar-refractivity contribution in [2.75, 3.05) is 0 Å². The van der Waals surface area contributed by atoms with E-state index in [1.165, 1.54) is 11.8 Å². The van der Waals surface area contributed by atoms with E-state index in [1.807, 2.05) is 38.1 Å². The van der Waals surface area contributed by atoms with E-state index in [1.54, 1.807) is 0 Å². The lowest BCUT2D eigenvalue weighted by molar-refractivity contribution is 0.902. The Labute approximate surface area is 124 Å². The SMILES string of the molecule is Cc1cc(C)nc(Sc2ccc(C(=N)N)c(Br)c2)n1. The van der Waals surface area contributed by atoms with Gasteiger partial charge in [-0.2, -0.15) is 0 Å². The minimum absolute atomic E-state index is 0.0473. The lowest BCUT2D eigenvalue weighted by atomic mass is 10.2. The molecule has 0 bridgehead atoms. The fourth-order valence-corrected chi connectivity index (χ4v) is 3.27. The Morgan fingerprint density at radius 2 is 1.84 bits per heavy atom. The molecular weight excluding hydrogens is 324 g/mol. The number of hydrogen-bond acceptors (Lipinski definition) is 4. The largest absolute Gasteiger partial charge is 0.384 e. The summed E-state index contributed by atoms with van der Waals surface area (Å²) in [5.41, 5.74) is 8.07. The Morgan fingerprint density at radius 3 is 2.37 bits per heavy atom. The fraction of sp³-hybridized carbons (Fsp3) is 0.154. The number of amidine groups is 1. The summed E-state index contributed by atoms with van der Waals surface area (Å²) in [4.78, 5) is 9.77. The highest BCUT2D eigenvalue weighted by atomic mass is 79.9. The molecule has 0 aliphatic rings. The third-order valence-electron chi connectivity index (χ3n) is 2.40. The van der Waals surface area contributed by atoms with E-state index in [0.717, 1.165) is 25.9 Å². The van der Waals surface area contributed by atoms with Gasteiger partial charge in [-0.05, 0) is 65.8 Å². The zero-order valence-corrected chi connectivity index (χ0v) is 13.0. The van der Waals surface area contributed by atoms with Crippen molar-refractivity contribution in [1.82, 2.24) is 9.97 Å². The van der Waals surface area contributed by atoms with Crippen molar-refractivity contribution in [2.24, 2.45) is 5.73 Å². The number of benzene rings is 1. The van der Waals surface area contributed by atoms with Crippen molar-refractivity contribution in [2.45, 2.75) is 23.9 Å². The van der Waals surface area contributed by atoms with E-state index in [0.29, 0.717) is 5.56 Å². The Bertz CT molecular complexity index is 622. The molecule has 2 aromatic rings. The van der Waals surface area contributed by atoms with E-state index in [9.17, 15) is 0 Å². The number of rotatable bonds is 3. The van der Waals surface area contributed by atoms with Crippen molar-refractivity contribution >= 4 is 33.5 Å². The fourth-order valence-electron chi connectivity index (χ4n) is 1.62. The highest BCUT2D eigenvalue weighted by Crippen LogP contribution is 2.29. The Morgan fingerprint density at radius 1 is 1.21 bits per heavy atom. The van der Waals surface area contributed by atoms with E-state index in [4.69, 9.17) is 11.1 Å². The number of halogens is 1. The number of aryl methyl sites for hydroxylation is 2. The number of aromatic nitrogens is 2. The molecule has 3 N–H and O–H groups in total. The van der Waals surface area contributed by atoms with Crippen LogP contribution in [0.3, 0.4) is 0 Å². The van der Waals surface area contributed by atoms with Gasteiger partial charge >= 0.3 is 0 Å². The monoisotopic (exact) mass is 336 g/mol. The Kier molecular flexibility index (Phi) is 4.21. The van der Waals surface area contributed by atoms with Crippen LogP contribution in [0.1, 0.15) is 17.0 Å². The summed E-state index contributed by atoms with van der Waals surface area (Å²) in [6.45, 7) is 3.90. The molecule has 6 heteroatoms. The maximum atomic E-state index is 7.44. The van der Waals surface area contributed by atoms with Crippen LogP contribution in [-0.4, -0.2) is 15.8 Å². The topological polar surface area (TPSA) is 75.7 Å². The van der Waals surface area contributed by atoms with Gasteiger partial charge in [-0.25, -0.2) is 9.97 Å². The normalized spacial score (nSPS) is 10.5. The molecule has 2 rings (SSSR count). The second-order valence-electron chi connectivity index (χ2n) is 4.09. The average Bonchev–Trinajstić information content (AvgIpc) is 2.26. The van der Waals surface area contributed by atoms with Gasteiger partial charge in [0, 0.05) is 26.3 Å². The molecule has 0 amide bonds. The molecule has 1 aromatic carbocycles. The molecule has 0 aliphatic carbocycles. The molecule has 0 aliphatic heterocycles. The summed E-state index contributed by atoms with van der Waals surface area (Å²) in [6.07, 6.45) is 0. The number of hydrogen-bond donors (Lipinski definition) is 2. The Hall–Kier alpha value is -1.40. The smallest absolute Gasteiger partial charge is 0.192 e. The minimum Gasteiger partial charge on any atom is -0.384 e. The average molecular weight is 337 g/mol. The standard InChI is InChI=1S/C13H13BrN4S/c1-7-5-8(2)18-13(17-7)19-9-3-4-10(12(15)16)11(14)6-9/h3-6H,1-2H3,(H3,15,16). The first-order chi connectivity index (χ1) is 8.95. The molecule has 1 heterocycles. The molecule has 19 heavy (non-hydrogen) atoms. The third kappa shape index (κ3) is 3.54. The first-order valence-corrected chi connectivity index (χ1v) is 7.21. The van der Waals surface area contributed by atoms with Crippen LogP contribution in [-0.2, 0) is 0 Å². The van der Waals surface area contributed by atoms with Crippen molar-refractivity contribution in [3.8, 4) is 0 Å². The first-order valence-electron chi connectivity index (χ1n) is 5.60. The predicted octanol–water partition coefficient (Wildman–Crippen LogP) is 3.29.